The summed E-state index contributed by atoms with van der Waals surface area (Å²) in [4.78, 5) is 22.1. The second-order valence-corrected chi connectivity index (χ2v) is 13.6. The zero-order valence-corrected chi connectivity index (χ0v) is 25.1. The van der Waals surface area contributed by atoms with Crippen LogP contribution in [0.1, 0.15) is 74.7 Å². The van der Waals surface area contributed by atoms with Crippen LogP contribution in [0.4, 0.5) is 15.2 Å². The molecule has 2 aliphatic rings. The van der Waals surface area contributed by atoms with E-state index in [1.807, 2.05) is 6.07 Å². The van der Waals surface area contributed by atoms with E-state index >= 15 is 4.39 Å². The molecule has 5 rings (SSSR count). The van der Waals surface area contributed by atoms with Gasteiger partial charge in [0.05, 0.1) is 11.9 Å². The number of carbonyl (C=O) groups excluding carboxylic acids is 1. The molecule has 2 aromatic carbocycles. The molecule has 0 unspecified atom stereocenters. The number of hydrogen-bond donors (Lipinski definition) is 1. The van der Waals surface area contributed by atoms with Gasteiger partial charge in [-0.1, -0.05) is 76.3 Å². The van der Waals surface area contributed by atoms with Crippen LogP contribution >= 0.6 is 11.3 Å². The van der Waals surface area contributed by atoms with Crippen LogP contribution < -0.4 is 19.9 Å². The molecule has 214 valence electrons. The third-order valence-electron chi connectivity index (χ3n) is 7.97. The van der Waals surface area contributed by atoms with Gasteiger partial charge in [0, 0.05) is 52.0 Å². The first kappa shape index (κ1) is 28.4. The molecule has 1 spiro atoms. The van der Waals surface area contributed by atoms with Crippen molar-refractivity contribution in [1.29, 1.82) is 0 Å². The number of nitrogens with one attached hydrogen (secondary N) is 1. The van der Waals surface area contributed by atoms with Crippen molar-refractivity contribution in [2.75, 3.05) is 36.0 Å². The largest absolute Gasteiger partial charge is 0.482 e. The SMILES string of the molecule is CC(C)CNC(=O)c1cnc(N2CCC3(CC2)CCN(Cc2ccc(C(C)(C)C)cc2)c2cccc(F)c2O3)s1. The Morgan fingerprint density at radius 1 is 1.10 bits per heavy atom. The number of hydrogen-bond acceptors (Lipinski definition) is 6. The minimum absolute atomic E-state index is 0.0711. The Bertz CT molecular complexity index is 1320. The summed E-state index contributed by atoms with van der Waals surface area (Å²) in [7, 11) is 0. The maximum Gasteiger partial charge on any atom is 0.263 e. The minimum atomic E-state index is -0.437. The number of anilines is 2. The van der Waals surface area contributed by atoms with Gasteiger partial charge in [0.2, 0.25) is 0 Å². The molecule has 1 N–H and O–H groups in total. The number of ether oxygens (including phenoxy) is 1. The van der Waals surface area contributed by atoms with Crippen molar-refractivity contribution in [3.8, 4) is 5.75 Å². The topological polar surface area (TPSA) is 57.7 Å². The van der Waals surface area contributed by atoms with Gasteiger partial charge in [0.1, 0.15) is 10.5 Å². The summed E-state index contributed by atoms with van der Waals surface area (Å²) >= 11 is 1.43. The molecule has 3 heterocycles. The Balaban J connectivity index is 1.28. The van der Waals surface area contributed by atoms with Gasteiger partial charge in [-0.05, 0) is 34.6 Å². The van der Waals surface area contributed by atoms with E-state index in [-0.39, 0.29) is 17.1 Å². The predicted octanol–water partition coefficient (Wildman–Crippen LogP) is 6.79. The zero-order valence-electron chi connectivity index (χ0n) is 24.3. The Morgan fingerprint density at radius 2 is 1.80 bits per heavy atom. The number of para-hydroxylation sites is 1. The molecule has 0 saturated carbocycles. The van der Waals surface area contributed by atoms with E-state index in [2.05, 4.69) is 79.0 Å². The molecule has 6 nitrogen and oxygen atoms in total. The summed E-state index contributed by atoms with van der Waals surface area (Å²) in [5.41, 5.74) is 2.98. The highest BCUT2D eigenvalue weighted by molar-refractivity contribution is 7.17. The summed E-state index contributed by atoms with van der Waals surface area (Å²) in [6, 6.07) is 14.0. The highest BCUT2D eigenvalue weighted by Gasteiger charge is 2.41. The fraction of sp³-hybridized carbons (Fsp3) is 0.500. The van der Waals surface area contributed by atoms with Crippen LogP contribution in [0.2, 0.25) is 0 Å². The van der Waals surface area contributed by atoms with E-state index in [4.69, 9.17) is 4.74 Å². The third kappa shape index (κ3) is 6.27. The van der Waals surface area contributed by atoms with Crippen molar-refractivity contribution in [3.63, 3.8) is 0 Å². The number of thiazole rings is 1. The number of piperidine rings is 1. The van der Waals surface area contributed by atoms with Gasteiger partial charge in [0.25, 0.3) is 5.91 Å². The number of carbonyl (C=O) groups is 1. The maximum absolute atomic E-state index is 15.2. The molecule has 0 radical (unpaired) electrons. The summed E-state index contributed by atoms with van der Waals surface area (Å²) in [6.45, 7) is 14.4. The van der Waals surface area contributed by atoms with Crippen molar-refractivity contribution in [1.82, 2.24) is 10.3 Å². The number of aromatic nitrogens is 1. The van der Waals surface area contributed by atoms with Crippen LogP contribution in [0.15, 0.2) is 48.7 Å². The second kappa shape index (κ2) is 11.4. The number of amides is 1. The first-order valence-corrected chi connectivity index (χ1v) is 15.2. The van der Waals surface area contributed by atoms with Gasteiger partial charge in [-0.2, -0.15) is 0 Å². The molecule has 2 aliphatic heterocycles. The number of nitrogens with zero attached hydrogens (tertiary/aromatic N) is 3. The zero-order chi connectivity index (χ0) is 28.5. The quantitative estimate of drug-likeness (QED) is 0.357. The van der Waals surface area contributed by atoms with Crippen LogP contribution in [0.3, 0.4) is 0 Å². The molecule has 0 bridgehead atoms. The monoisotopic (exact) mass is 564 g/mol. The summed E-state index contributed by atoms with van der Waals surface area (Å²) in [5, 5.41) is 3.82. The molecule has 40 heavy (non-hydrogen) atoms. The van der Waals surface area contributed by atoms with Crippen molar-refractivity contribution in [2.24, 2.45) is 5.92 Å². The van der Waals surface area contributed by atoms with Gasteiger partial charge in [-0.3, -0.25) is 4.79 Å². The average molecular weight is 565 g/mol. The fourth-order valence-corrected chi connectivity index (χ4v) is 6.31. The highest BCUT2D eigenvalue weighted by Crippen LogP contribution is 2.43. The normalized spacial score (nSPS) is 17.0. The Labute approximate surface area is 241 Å². The molecular weight excluding hydrogens is 523 g/mol. The van der Waals surface area contributed by atoms with Crippen LogP contribution in [-0.2, 0) is 12.0 Å². The van der Waals surface area contributed by atoms with E-state index in [1.165, 1.54) is 28.5 Å². The maximum atomic E-state index is 15.2. The molecule has 8 heteroatoms. The lowest BCUT2D eigenvalue weighted by atomic mass is 9.86. The van der Waals surface area contributed by atoms with Crippen molar-refractivity contribution < 1.29 is 13.9 Å². The highest BCUT2D eigenvalue weighted by atomic mass is 32.1. The number of fused-ring (bicyclic) bond motifs is 1. The molecule has 1 aromatic heterocycles. The number of halogens is 1. The van der Waals surface area contributed by atoms with Gasteiger partial charge < -0.3 is 19.9 Å². The van der Waals surface area contributed by atoms with Gasteiger partial charge in [-0.15, -0.1) is 0 Å². The lowest BCUT2D eigenvalue weighted by molar-refractivity contribution is 0.0375. The van der Waals surface area contributed by atoms with E-state index < -0.39 is 5.60 Å². The summed E-state index contributed by atoms with van der Waals surface area (Å²) in [6.07, 6.45) is 4.02. The van der Waals surface area contributed by atoms with Crippen LogP contribution in [-0.4, -0.2) is 42.7 Å². The van der Waals surface area contributed by atoms with Crippen molar-refractivity contribution in [2.45, 2.75) is 71.4 Å². The summed E-state index contributed by atoms with van der Waals surface area (Å²) in [5.74, 6) is 0.372. The number of benzene rings is 2. The van der Waals surface area contributed by atoms with E-state index in [0.29, 0.717) is 29.6 Å². The molecule has 1 amide bonds. The smallest absolute Gasteiger partial charge is 0.263 e. The fourth-order valence-electron chi connectivity index (χ4n) is 5.43. The van der Waals surface area contributed by atoms with Crippen molar-refractivity contribution >= 4 is 28.1 Å². The predicted molar refractivity (Wildman–Crippen MR) is 161 cm³/mol. The van der Waals surface area contributed by atoms with Crippen LogP contribution in [0.25, 0.3) is 0 Å². The van der Waals surface area contributed by atoms with E-state index in [9.17, 15) is 4.79 Å². The third-order valence-corrected chi connectivity index (χ3v) is 9.03. The summed E-state index contributed by atoms with van der Waals surface area (Å²) < 4.78 is 21.8. The van der Waals surface area contributed by atoms with Gasteiger partial charge >= 0.3 is 0 Å². The lowest BCUT2D eigenvalue weighted by Crippen LogP contribution is -2.48. The molecule has 1 fully saturated rings. The second-order valence-electron chi connectivity index (χ2n) is 12.6. The molecule has 3 aromatic rings. The lowest BCUT2D eigenvalue weighted by Gasteiger charge is -2.41. The Kier molecular flexibility index (Phi) is 8.09. The van der Waals surface area contributed by atoms with Crippen LogP contribution in [0, 0.1) is 11.7 Å². The van der Waals surface area contributed by atoms with Crippen LogP contribution in [0.5, 0.6) is 5.75 Å². The first-order chi connectivity index (χ1) is 19.0. The Hall–Kier alpha value is -3.13. The number of rotatable bonds is 6. The Morgan fingerprint density at radius 3 is 2.48 bits per heavy atom. The molecule has 0 aliphatic carbocycles. The van der Waals surface area contributed by atoms with Gasteiger partial charge in [-0.25, -0.2) is 9.37 Å². The minimum Gasteiger partial charge on any atom is -0.482 e. The van der Waals surface area contributed by atoms with E-state index in [1.54, 1.807) is 12.3 Å². The molecule has 0 atom stereocenters. The molecular formula is C32H41FN4O2S. The molecule has 1 saturated heterocycles. The van der Waals surface area contributed by atoms with Gasteiger partial charge in [0.15, 0.2) is 16.7 Å². The average Bonchev–Trinajstić information content (AvgIpc) is 3.36. The standard InChI is InChI=1S/C32H41FN4O2S/c1-22(2)19-34-29(38)27-20-35-30(40-27)36-16-13-32(14-17-36)15-18-37(26-8-6-7-25(33)28(26)39-32)21-23-9-11-24(12-10-23)31(3,4)5/h6-12,20,22H,13-19,21H2,1-5H3,(H,34,38). The van der Waals surface area contributed by atoms with E-state index in [0.717, 1.165) is 49.7 Å². The first-order valence-electron chi connectivity index (χ1n) is 14.3. The van der Waals surface area contributed by atoms with Crippen molar-refractivity contribution in [3.05, 3.63) is 70.5 Å².